The molecule has 5 rings (SSSR count). The van der Waals surface area contributed by atoms with Crippen molar-refractivity contribution >= 4 is 28.6 Å². The Balaban J connectivity index is 1.49. The van der Waals surface area contributed by atoms with Crippen LogP contribution in [0.25, 0.3) is 11.0 Å². The van der Waals surface area contributed by atoms with E-state index in [1.54, 1.807) is 19.0 Å². The van der Waals surface area contributed by atoms with Crippen molar-refractivity contribution in [2.75, 3.05) is 19.0 Å². The van der Waals surface area contributed by atoms with Crippen molar-refractivity contribution < 1.29 is 14.6 Å². The Morgan fingerprint density at radius 2 is 1.81 bits per heavy atom. The van der Waals surface area contributed by atoms with Gasteiger partial charge in [0.25, 0.3) is 5.91 Å². The Bertz CT molecular complexity index is 1380. The number of ether oxygens (including phenoxy) is 1. The molecule has 1 aromatic heterocycles. The van der Waals surface area contributed by atoms with Crippen molar-refractivity contribution in [1.82, 2.24) is 14.6 Å². The van der Waals surface area contributed by atoms with Gasteiger partial charge in [0, 0.05) is 13.0 Å². The normalized spacial score (nSPS) is 16.1. The van der Waals surface area contributed by atoms with Crippen LogP contribution in [-0.2, 0) is 11.3 Å². The first-order valence-electron chi connectivity index (χ1n) is 12.0. The highest BCUT2D eigenvalue weighted by Gasteiger charge is 2.33. The van der Waals surface area contributed by atoms with Crippen LogP contribution in [0.3, 0.4) is 0 Å². The molecule has 2 unspecified atom stereocenters. The minimum Gasteiger partial charge on any atom is -0.497 e. The number of benzene rings is 3. The van der Waals surface area contributed by atoms with Crippen molar-refractivity contribution in [3.05, 3.63) is 90.0 Å². The number of hydrazone groups is 1. The predicted molar refractivity (Wildman–Crippen MR) is 140 cm³/mol. The van der Waals surface area contributed by atoms with E-state index in [1.165, 1.54) is 0 Å². The maximum atomic E-state index is 13.8. The number of hydrogen-bond acceptors (Lipinski definition) is 6. The molecule has 1 aliphatic heterocycles. The number of carbonyl (C=O) groups excluding carboxylic acids is 1. The summed E-state index contributed by atoms with van der Waals surface area (Å²) in [6.45, 7) is 2.08. The molecule has 1 aliphatic rings. The van der Waals surface area contributed by atoms with E-state index in [9.17, 15) is 9.90 Å². The highest BCUT2D eigenvalue weighted by Crippen LogP contribution is 2.34. The summed E-state index contributed by atoms with van der Waals surface area (Å²) in [5, 5.41) is 19.3. The topological polar surface area (TPSA) is 92.0 Å². The number of aromatic nitrogens is 2. The summed E-state index contributed by atoms with van der Waals surface area (Å²) in [5.74, 6) is 1.15. The second kappa shape index (κ2) is 10.2. The fourth-order valence-corrected chi connectivity index (χ4v) is 4.45. The zero-order valence-corrected chi connectivity index (χ0v) is 20.3. The Labute approximate surface area is 209 Å². The molecule has 0 saturated carbocycles. The number of para-hydroxylation sites is 2. The summed E-state index contributed by atoms with van der Waals surface area (Å²) >= 11 is 0. The molecular formula is C28H29N5O3. The third-order valence-corrected chi connectivity index (χ3v) is 6.28. The molecule has 36 heavy (non-hydrogen) atoms. The van der Waals surface area contributed by atoms with Crippen LogP contribution in [0.4, 0.5) is 5.95 Å². The van der Waals surface area contributed by atoms with Crippen LogP contribution >= 0.6 is 0 Å². The highest BCUT2D eigenvalue weighted by atomic mass is 16.5. The first-order valence-corrected chi connectivity index (χ1v) is 12.0. The number of aliphatic hydroxyl groups is 1. The van der Waals surface area contributed by atoms with E-state index in [2.05, 4.69) is 10.3 Å². The smallest absolute Gasteiger partial charge is 0.263 e. The maximum absolute atomic E-state index is 13.8. The number of hydrogen-bond donors (Lipinski definition) is 2. The third kappa shape index (κ3) is 4.81. The fraction of sp³-hybridized carbons (Fsp3) is 0.250. The number of amides is 1. The van der Waals surface area contributed by atoms with E-state index < -0.39 is 6.10 Å². The van der Waals surface area contributed by atoms with Gasteiger partial charge in [-0.1, -0.05) is 54.6 Å². The zero-order valence-electron chi connectivity index (χ0n) is 20.3. The number of anilines is 1. The summed E-state index contributed by atoms with van der Waals surface area (Å²) in [7, 11) is 1.63. The second-order valence-corrected chi connectivity index (χ2v) is 8.88. The van der Waals surface area contributed by atoms with Crippen molar-refractivity contribution in [2.24, 2.45) is 5.10 Å². The molecule has 2 atom stereocenters. The Hall–Kier alpha value is -4.17. The molecule has 2 heterocycles. The van der Waals surface area contributed by atoms with Crippen molar-refractivity contribution in [3.63, 3.8) is 0 Å². The fourth-order valence-electron chi connectivity index (χ4n) is 4.45. The molecule has 0 bridgehead atoms. The highest BCUT2D eigenvalue weighted by molar-refractivity contribution is 6.03. The van der Waals surface area contributed by atoms with Crippen LogP contribution < -0.4 is 10.1 Å². The van der Waals surface area contributed by atoms with Gasteiger partial charge in [0.05, 0.1) is 36.0 Å². The Morgan fingerprint density at radius 1 is 1.08 bits per heavy atom. The quantitative estimate of drug-likeness (QED) is 0.392. The third-order valence-electron chi connectivity index (χ3n) is 6.28. The molecule has 3 aromatic carbocycles. The van der Waals surface area contributed by atoms with E-state index in [-0.39, 0.29) is 18.5 Å². The molecule has 1 amide bonds. The molecule has 8 heteroatoms. The predicted octanol–water partition coefficient (Wildman–Crippen LogP) is 4.22. The SMILES string of the molecule is COc1ccc(C2CC(c3ccccc3)=NN2C(=O)Cn2c(NCC(C)O)nc3ccccc32)cc1. The number of nitrogens with one attached hydrogen (secondary N) is 1. The molecule has 4 aromatic rings. The first kappa shape index (κ1) is 23.6. The van der Waals surface area contributed by atoms with Crippen LogP contribution in [0, 0.1) is 0 Å². The van der Waals surface area contributed by atoms with Gasteiger partial charge in [0.2, 0.25) is 5.95 Å². The summed E-state index contributed by atoms with van der Waals surface area (Å²) in [6, 6.07) is 25.2. The Morgan fingerprint density at radius 3 is 2.53 bits per heavy atom. The van der Waals surface area contributed by atoms with Crippen molar-refractivity contribution in [1.29, 1.82) is 0 Å². The van der Waals surface area contributed by atoms with E-state index >= 15 is 0 Å². The van der Waals surface area contributed by atoms with E-state index in [4.69, 9.17) is 9.84 Å². The van der Waals surface area contributed by atoms with Crippen LogP contribution in [0.2, 0.25) is 0 Å². The average Bonchev–Trinajstić information content (AvgIpc) is 3.50. The lowest BCUT2D eigenvalue weighted by Crippen LogP contribution is -2.31. The lowest BCUT2D eigenvalue weighted by Gasteiger charge is -2.23. The van der Waals surface area contributed by atoms with Crippen LogP contribution in [0.15, 0.2) is 84.0 Å². The number of fused-ring (bicyclic) bond motifs is 1. The van der Waals surface area contributed by atoms with Gasteiger partial charge in [-0.3, -0.25) is 4.79 Å². The van der Waals surface area contributed by atoms with Gasteiger partial charge in [-0.2, -0.15) is 5.10 Å². The minimum atomic E-state index is -0.551. The molecular weight excluding hydrogens is 454 g/mol. The molecule has 0 fully saturated rings. The van der Waals surface area contributed by atoms with Crippen LogP contribution in [0.5, 0.6) is 5.75 Å². The van der Waals surface area contributed by atoms with Crippen molar-refractivity contribution in [2.45, 2.75) is 32.0 Å². The van der Waals surface area contributed by atoms with Gasteiger partial charge >= 0.3 is 0 Å². The van der Waals surface area contributed by atoms with Crippen LogP contribution in [0.1, 0.15) is 30.5 Å². The molecule has 0 spiro atoms. The standard InChI is InChI=1S/C28H29N5O3/c1-19(34)17-29-28-30-23-10-6-7-11-25(23)32(28)18-27(35)33-26(21-12-14-22(36-2)15-13-21)16-24(31-33)20-8-4-3-5-9-20/h3-15,19,26,34H,16-18H2,1-2H3,(H,29,30). The zero-order chi connectivity index (χ0) is 25.1. The monoisotopic (exact) mass is 483 g/mol. The molecule has 184 valence electrons. The summed E-state index contributed by atoms with van der Waals surface area (Å²) in [5.41, 5.74) is 4.47. The van der Waals surface area contributed by atoms with E-state index in [1.807, 2.05) is 83.4 Å². The second-order valence-electron chi connectivity index (χ2n) is 8.88. The van der Waals surface area contributed by atoms with Gasteiger partial charge in [-0.15, -0.1) is 0 Å². The first-order chi connectivity index (χ1) is 17.5. The Kier molecular flexibility index (Phi) is 6.69. The molecule has 0 radical (unpaired) electrons. The van der Waals surface area contributed by atoms with Gasteiger partial charge in [-0.25, -0.2) is 9.99 Å². The van der Waals surface area contributed by atoms with Gasteiger partial charge < -0.3 is 19.7 Å². The number of imidazole rings is 1. The summed E-state index contributed by atoms with van der Waals surface area (Å²) in [6.07, 6.45) is 0.0601. The minimum absolute atomic E-state index is 0.0564. The van der Waals surface area contributed by atoms with Gasteiger partial charge in [0.1, 0.15) is 12.3 Å². The largest absolute Gasteiger partial charge is 0.497 e. The number of rotatable bonds is 8. The van der Waals surface area contributed by atoms with Gasteiger partial charge in [-0.05, 0) is 42.3 Å². The van der Waals surface area contributed by atoms with E-state index in [0.29, 0.717) is 18.9 Å². The number of methoxy groups -OCH3 is 1. The van der Waals surface area contributed by atoms with Crippen LogP contribution in [-0.4, -0.2) is 51.0 Å². The molecule has 8 nitrogen and oxygen atoms in total. The maximum Gasteiger partial charge on any atom is 0.263 e. The molecule has 0 aliphatic carbocycles. The lowest BCUT2D eigenvalue weighted by atomic mass is 9.98. The number of aliphatic hydroxyl groups excluding tert-OH is 1. The number of nitrogens with zero attached hydrogens (tertiary/aromatic N) is 4. The molecule has 0 saturated heterocycles. The number of carbonyl (C=O) groups is 1. The molecule has 2 N–H and O–H groups in total. The van der Waals surface area contributed by atoms with E-state index in [0.717, 1.165) is 33.6 Å². The van der Waals surface area contributed by atoms with Gasteiger partial charge in [0.15, 0.2) is 0 Å². The average molecular weight is 484 g/mol. The van der Waals surface area contributed by atoms with Crippen molar-refractivity contribution in [3.8, 4) is 5.75 Å². The summed E-state index contributed by atoms with van der Waals surface area (Å²) in [4.78, 5) is 18.4. The summed E-state index contributed by atoms with van der Waals surface area (Å²) < 4.78 is 7.16. The lowest BCUT2D eigenvalue weighted by molar-refractivity contribution is -0.133.